The van der Waals surface area contributed by atoms with Crippen molar-refractivity contribution in [1.29, 1.82) is 0 Å². The average molecular weight is 256 g/mol. The van der Waals surface area contributed by atoms with Crippen molar-refractivity contribution in [2.24, 2.45) is 0 Å². The Hall–Kier alpha value is -2.10. The molecule has 2 heterocycles. The molecule has 0 saturated heterocycles. The van der Waals surface area contributed by atoms with E-state index in [-0.39, 0.29) is 0 Å². The van der Waals surface area contributed by atoms with Gasteiger partial charge in [0.2, 0.25) is 0 Å². The molecule has 0 atom stereocenters. The van der Waals surface area contributed by atoms with Crippen molar-refractivity contribution < 1.29 is 0 Å². The van der Waals surface area contributed by atoms with Crippen molar-refractivity contribution >= 4 is 22.4 Å². The molecular weight excluding hydrogens is 236 g/mol. The van der Waals surface area contributed by atoms with Crippen LogP contribution in [0.4, 0.5) is 5.82 Å². The first-order valence-electron chi connectivity index (χ1n) is 6.64. The van der Waals surface area contributed by atoms with Gasteiger partial charge in [-0.3, -0.25) is 4.40 Å². The Kier molecular flexibility index (Phi) is 3.69. The van der Waals surface area contributed by atoms with Gasteiger partial charge in [-0.25, -0.2) is 9.97 Å². The predicted octanol–water partition coefficient (Wildman–Crippen LogP) is 3.57. The fraction of sp³-hybridized carbons (Fsp3) is 0.333. The Morgan fingerprint density at radius 3 is 2.42 bits per heavy atom. The minimum absolute atomic E-state index is 0.877. The summed E-state index contributed by atoms with van der Waals surface area (Å²) in [5.41, 5.74) is 4.14. The number of benzene rings is 1. The minimum Gasteiger partial charge on any atom is -0.371 e. The third kappa shape index (κ3) is 2.03. The maximum absolute atomic E-state index is 4.62. The Bertz CT molecular complexity index is 713. The molecule has 0 unspecified atom stereocenters. The van der Waals surface area contributed by atoms with E-state index in [1.165, 1.54) is 0 Å². The van der Waals surface area contributed by atoms with E-state index in [4.69, 9.17) is 0 Å². The smallest absolute Gasteiger partial charge is 0.152 e. The van der Waals surface area contributed by atoms with Crippen LogP contribution in [0.25, 0.3) is 16.6 Å². The molecule has 0 aliphatic carbocycles. The summed E-state index contributed by atoms with van der Waals surface area (Å²) >= 11 is 0. The van der Waals surface area contributed by atoms with Crippen LogP contribution >= 0.6 is 0 Å². The van der Waals surface area contributed by atoms with Crippen LogP contribution in [0.3, 0.4) is 0 Å². The van der Waals surface area contributed by atoms with E-state index in [1.807, 2.05) is 52.9 Å². The summed E-state index contributed by atoms with van der Waals surface area (Å²) in [6, 6.07) is 8.12. The highest BCUT2D eigenvalue weighted by molar-refractivity contribution is 5.85. The number of para-hydroxylation sites is 2. The number of rotatable bonds is 1. The van der Waals surface area contributed by atoms with Crippen molar-refractivity contribution in [2.75, 3.05) is 12.4 Å². The second-order valence-electron chi connectivity index (χ2n) is 4.13. The summed E-state index contributed by atoms with van der Waals surface area (Å²) in [5.74, 6) is 1.87. The summed E-state index contributed by atoms with van der Waals surface area (Å²) in [4.78, 5) is 9.16. The molecule has 0 saturated carbocycles. The zero-order chi connectivity index (χ0) is 14.0. The van der Waals surface area contributed by atoms with Crippen LogP contribution in [0, 0.1) is 13.8 Å². The van der Waals surface area contributed by atoms with Gasteiger partial charge in [0, 0.05) is 7.05 Å². The number of hydrogen-bond donors (Lipinski definition) is 1. The first kappa shape index (κ1) is 13.3. The molecular formula is C15H20N4. The SMILES string of the molecule is CC.CNc1nc2ccccc2n2c(C)nc(C)c12. The zero-order valence-electron chi connectivity index (χ0n) is 12.2. The Morgan fingerprint density at radius 1 is 1.05 bits per heavy atom. The van der Waals surface area contributed by atoms with Gasteiger partial charge in [0.1, 0.15) is 11.3 Å². The molecule has 0 radical (unpaired) electrons. The molecule has 0 bridgehead atoms. The quantitative estimate of drug-likeness (QED) is 0.723. The standard InChI is InChI=1S/C13H14N4.C2H6/c1-8-12-13(14-3)16-10-6-4-5-7-11(10)17(12)9(2)15-8;1-2/h4-7H,1-3H3,(H,14,16);1-2H3. The van der Waals surface area contributed by atoms with E-state index in [9.17, 15) is 0 Å². The zero-order valence-corrected chi connectivity index (χ0v) is 12.2. The fourth-order valence-corrected chi connectivity index (χ4v) is 2.34. The van der Waals surface area contributed by atoms with E-state index in [2.05, 4.69) is 25.8 Å². The highest BCUT2D eigenvalue weighted by atomic mass is 15.1. The molecule has 0 amide bonds. The number of nitrogens with zero attached hydrogens (tertiary/aromatic N) is 3. The Balaban J connectivity index is 0.000000637. The van der Waals surface area contributed by atoms with Crippen LogP contribution in [-0.4, -0.2) is 21.4 Å². The molecule has 0 spiro atoms. The maximum atomic E-state index is 4.62. The highest BCUT2D eigenvalue weighted by Crippen LogP contribution is 2.25. The topological polar surface area (TPSA) is 42.2 Å². The molecule has 0 aliphatic rings. The summed E-state index contributed by atoms with van der Waals surface area (Å²) in [7, 11) is 1.89. The second kappa shape index (κ2) is 5.26. The third-order valence-electron chi connectivity index (χ3n) is 3.04. The van der Waals surface area contributed by atoms with Gasteiger partial charge >= 0.3 is 0 Å². The molecule has 100 valence electrons. The average Bonchev–Trinajstić information content (AvgIpc) is 2.76. The second-order valence-corrected chi connectivity index (χ2v) is 4.13. The molecule has 19 heavy (non-hydrogen) atoms. The van der Waals surface area contributed by atoms with Crippen LogP contribution in [0.1, 0.15) is 25.4 Å². The molecule has 4 heteroatoms. The van der Waals surface area contributed by atoms with E-state index in [0.29, 0.717) is 0 Å². The lowest BCUT2D eigenvalue weighted by atomic mass is 10.2. The minimum atomic E-state index is 0.877. The van der Waals surface area contributed by atoms with Crippen molar-refractivity contribution in [1.82, 2.24) is 14.4 Å². The van der Waals surface area contributed by atoms with E-state index < -0.39 is 0 Å². The number of fused-ring (bicyclic) bond motifs is 3. The normalized spacial score (nSPS) is 10.4. The molecule has 3 rings (SSSR count). The van der Waals surface area contributed by atoms with Gasteiger partial charge in [-0.05, 0) is 26.0 Å². The monoisotopic (exact) mass is 256 g/mol. The van der Waals surface area contributed by atoms with Gasteiger partial charge in [0.15, 0.2) is 5.82 Å². The summed E-state index contributed by atoms with van der Waals surface area (Å²) in [5, 5.41) is 3.14. The van der Waals surface area contributed by atoms with Crippen LogP contribution in [0.5, 0.6) is 0 Å². The lowest BCUT2D eigenvalue weighted by molar-refractivity contribution is 1.06. The lowest BCUT2D eigenvalue weighted by Crippen LogP contribution is -2.00. The highest BCUT2D eigenvalue weighted by Gasteiger charge is 2.13. The van der Waals surface area contributed by atoms with E-state index >= 15 is 0 Å². The first-order valence-corrected chi connectivity index (χ1v) is 6.64. The molecule has 2 aromatic heterocycles. The van der Waals surface area contributed by atoms with Gasteiger partial charge in [-0.1, -0.05) is 26.0 Å². The van der Waals surface area contributed by atoms with Crippen LogP contribution in [0.15, 0.2) is 24.3 Å². The molecule has 1 N–H and O–H groups in total. The lowest BCUT2D eigenvalue weighted by Gasteiger charge is -2.08. The molecule has 1 aromatic carbocycles. The van der Waals surface area contributed by atoms with Crippen molar-refractivity contribution in [3.63, 3.8) is 0 Å². The van der Waals surface area contributed by atoms with Crippen LogP contribution in [-0.2, 0) is 0 Å². The predicted molar refractivity (Wildman–Crippen MR) is 80.9 cm³/mol. The number of imidazole rings is 1. The summed E-state index contributed by atoms with van der Waals surface area (Å²) < 4.78 is 2.16. The van der Waals surface area contributed by atoms with Gasteiger partial charge in [0.25, 0.3) is 0 Å². The largest absolute Gasteiger partial charge is 0.371 e. The molecule has 0 aliphatic heterocycles. The van der Waals surface area contributed by atoms with Crippen molar-refractivity contribution in [3.05, 3.63) is 35.8 Å². The third-order valence-corrected chi connectivity index (χ3v) is 3.04. The van der Waals surface area contributed by atoms with Gasteiger partial charge in [-0.2, -0.15) is 0 Å². The van der Waals surface area contributed by atoms with Crippen LogP contribution < -0.4 is 5.32 Å². The maximum Gasteiger partial charge on any atom is 0.152 e. The number of aromatic nitrogens is 3. The van der Waals surface area contributed by atoms with Crippen LogP contribution in [0.2, 0.25) is 0 Å². The molecule has 3 aromatic rings. The van der Waals surface area contributed by atoms with Gasteiger partial charge in [-0.15, -0.1) is 0 Å². The molecule has 4 nitrogen and oxygen atoms in total. The van der Waals surface area contributed by atoms with Crippen molar-refractivity contribution in [2.45, 2.75) is 27.7 Å². The number of nitrogens with one attached hydrogen (secondary N) is 1. The number of aryl methyl sites for hydroxylation is 2. The van der Waals surface area contributed by atoms with Crippen molar-refractivity contribution in [3.8, 4) is 0 Å². The Morgan fingerprint density at radius 2 is 1.74 bits per heavy atom. The van der Waals surface area contributed by atoms with Gasteiger partial charge in [0.05, 0.1) is 16.7 Å². The summed E-state index contributed by atoms with van der Waals surface area (Å²) in [6.45, 7) is 8.03. The fourth-order valence-electron chi connectivity index (χ4n) is 2.34. The number of anilines is 1. The number of hydrogen-bond acceptors (Lipinski definition) is 3. The van der Waals surface area contributed by atoms with E-state index in [0.717, 1.165) is 33.9 Å². The van der Waals surface area contributed by atoms with Gasteiger partial charge < -0.3 is 5.32 Å². The first-order chi connectivity index (χ1) is 9.22. The molecule has 0 fully saturated rings. The van der Waals surface area contributed by atoms with E-state index in [1.54, 1.807) is 0 Å². The Labute approximate surface area is 113 Å². The summed E-state index contributed by atoms with van der Waals surface area (Å²) in [6.07, 6.45) is 0.